The van der Waals surface area contributed by atoms with Gasteiger partial charge in [-0.2, -0.15) is 0 Å². The van der Waals surface area contributed by atoms with Gasteiger partial charge < -0.3 is 10.1 Å². The molecule has 1 heterocycles. The molecule has 0 fully saturated rings. The van der Waals surface area contributed by atoms with Gasteiger partial charge in [0.25, 0.3) is 0 Å². The molecule has 0 spiro atoms. The predicted molar refractivity (Wildman–Crippen MR) is 75.9 cm³/mol. The highest BCUT2D eigenvalue weighted by molar-refractivity contribution is 5.79. The Bertz CT molecular complexity index is 537. The number of anilines is 1. The van der Waals surface area contributed by atoms with Gasteiger partial charge in [0.15, 0.2) is 0 Å². The quantitative estimate of drug-likeness (QED) is 0.623. The zero-order valence-electron chi connectivity index (χ0n) is 10.6. The molecular formula is C15H18N2O. The number of nitrogens with zero attached hydrogens (tertiary/aromatic N) is 1. The van der Waals surface area contributed by atoms with E-state index in [2.05, 4.69) is 29.0 Å². The van der Waals surface area contributed by atoms with Crippen molar-refractivity contribution in [3.8, 4) is 0 Å². The Kier molecular flexibility index (Phi) is 4.31. The van der Waals surface area contributed by atoms with Crippen molar-refractivity contribution in [3.05, 3.63) is 48.6 Å². The summed E-state index contributed by atoms with van der Waals surface area (Å²) in [6.07, 6.45) is 0. The number of aromatic nitrogens is 1. The van der Waals surface area contributed by atoms with E-state index in [1.807, 2.05) is 31.2 Å². The van der Waals surface area contributed by atoms with E-state index in [-0.39, 0.29) is 0 Å². The summed E-state index contributed by atoms with van der Waals surface area (Å²) < 4.78 is 5.41. The molecule has 0 atom stereocenters. The van der Waals surface area contributed by atoms with E-state index in [0.29, 0.717) is 13.2 Å². The molecule has 0 bridgehead atoms. The minimum Gasteiger partial charge on any atom is -0.375 e. The fraction of sp³-hybridized carbons (Fsp3) is 0.267. The highest BCUT2D eigenvalue weighted by Crippen LogP contribution is 2.14. The maximum Gasteiger partial charge on any atom is 0.126 e. The largest absolute Gasteiger partial charge is 0.375 e. The molecule has 1 aromatic carbocycles. The Morgan fingerprint density at radius 1 is 1.28 bits per heavy atom. The van der Waals surface area contributed by atoms with E-state index in [0.717, 1.165) is 28.8 Å². The second-order valence-corrected chi connectivity index (χ2v) is 4.33. The van der Waals surface area contributed by atoms with Crippen LogP contribution in [0.15, 0.2) is 48.6 Å². The summed E-state index contributed by atoms with van der Waals surface area (Å²) in [5.74, 6) is 0.882. The molecule has 2 rings (SSSR count). The molecule has 3 heteroatoms. The van der Waals surface area contributed by atoms with Crippen LogP contribution in [-0.2, 0) is 4.74 Å². The fourth-order valence-electron chi connectivity index (χ4n) is 1.66. The third kappa shape index (κ3) is 3.57. The van der Waals surface area contributed by atoms with Crippen LogP contribution in [0.5, 0.6) is 0 Å². The molecule has 0 aliphatic rings. The standard InChI is InChI=1S/C15H18N2O/c1-12(2)11-18-10-9-16-15-8-7-13-5-3-4-6-14(13)17-15/h3-8H,1,9-11H2,2H3,(H,16,17). The molecule has 3 nitrogen and oxygen atoms in total. The number of fused-ring (bicyclic) bond motifs is 1. The summed E-state index contributed by atoms with van der Waals surface area (Å²) in [6, 6.07) is 12.1. The number of nitrogens with one attached hydrogen (secondary N) is 1. The van der Waals surface area contributed by atoms with Gasteiger partial charge in [-0.3, -0.25) is 0 Å². The van der Waals surface area contributed by atoms with Crippen LogP contribution in [0.3, 0.4) is 0 Å². The summed E-state index contributed by atoms with van der Waals surface area (Å²) in [7, 11) is 0. The third-order valence-electron chi connectivity index (χ3n) is 2.50. The van der Waals surface area contributed by atoms with E-state index in [4.69, 9.17) is 4.74 Å². The number of ether oxygens (including phenoxy) is 1. The Hall–Kier alpha value is -1.87. The van der Waals surface area contributed by atoms with E-state index < -0.39 is 0 Å². The molecular weight excluding hydrogens is 224 g/mol. The first-order valence-electron chi connectivity index (χ1n) is 6.07. The van der Waals surface area contributed by atoms with Crippen LogP contribution in [0.25, 0.3) is 10.9 Å². The summed E-state index contributed by atoms with van der Waals surface area (Å²) >= 11 is 0. The van der Waals surface area contributed by atoms with Crippen molar-refractivity contribution in [2.75, 3.05) is 25.1 Å². The molecule has 0 saturated heterocycles. The highest BCUT2D eigenvalue weighted by atomic mass is 16.5. The van der Waals surface area contributed by atoms with Crippen LogP contribution in [0.1, 0.15) is 6.92 Å². The Morgan fingerprint density at radius 3 is 2.94 bits per heavy atom. The molecule has 0 radical (unpaired) electrons. The van der Waals surface area contributed by atoms with Gasteiger partial charge in [-0.25, -0.2) is 4.98 Å². The monoisotopic (exact) mass is 242 g/mol. The van der Waals surface area contributed by atoms with Crippen molar-refractivity contribution in [1.29, 1.82) is 0 Å². The minimum atomic E-state index is 0.618. The molecule has 0 unspecified atom stereocenters. The first-order chi connectivity index (χ1) is 8.75. The van der Waals surface area contributed by atoms with Gasteiger partial charge >= 0.3 is 0 Å². The second-order valence-electron chi connectivity index (χ2n) is 4.33. The number of pyridine rings is 1. The van der Waals surface area contributed by atoms with Crippen molar-refractivity contribution >= 4 is 16.7 Å². The first-order valence-corrected chi connectivity index (χ1v) is 6.07. The van der Waals surface area contributed by atoms with Gasteiger partial charge in [0.1, 0.15) is 5.82 Å². The van der Waals surface area contributed by atoms with Gasteiger partial charge in [0, 0.05) is 11.9 Å². The summed E-state index contributed by atoms with van der Waals surface area (Å²) in [5.41, 5.74) is 2.05. The van der Waals surface area contributed by atoms with E-state index in [1.165, 1.54) is 0 Å². The molecule has 1 aromatic heterocycles. The summed E-state index contributed by atoms with van der Waals surface area (Å²) in [5, 5.41) is 4.40. The third-order valence-corrected chi connectivity index (χ3v) is 2.50. The van der Waals surface area contributed by atoms with Gasteiger partial charge in [0.2, 0.25) is 0 Å². The van der Waals surface area contributed by atoms with Crippen molar-refractivity contribution in [2.24, 2.45) is 0 Å². The van der Waals surface area contributed by atoms with Crippen molar-refractivity contribution in [1.82, 2.24) is 4.98 Å². The maximum absolute atomic E-state index is 5.41. The summed E-state index contributed by atoms with van der Waals surface area (Å²) in [4.78, 5) is 4.52. The Labute approximate surface area is 107 Å². The SMILES string of the molecule is C=C(C)COCCNc1ccc2ccccc2n1. The van der Waals surface area contributed by atoms with E-state index in [1.54, 1.807) is 0 Å². The average Bonchev–Trinajstić information content (AvgIpc) is 2.38. The zero-order chi connectivity index (χ0) is 12.8. The van der Waals surface area contributed by atoms with Crippen molar-refractivity contribution in [2.45, 2.75) is 6.92 Å². The maximum atomic E-state index is 5.41. The first kappa shape index (κ1) is 12.6. The molecule has 0 saturated carbocycles. The fourth-order valence-corrected chi connectivity index (χ4v) is 1.66. The predicted octanol–water partition coefficient (Wildman–Crippen LogP) is 3.24. The van der Waals surface area contributed by atoms with Crippen molar-refractivity contribution in [3.63, 3.8) is 0 Å². The zero-order valence-corrected chi connectivity index (χ0v) is 10.6. The molecule has 0 amide bonds. The van der Waals surface area contributed by atoms with Gasteiger partial charge in [-0.15, -0.1) is 0 Å². The van der Waals surface area contributed by atoms with Crippen LogP contribution in [0, 0.1) is 0 Å². The lowest BCUT2D eigenvalue weighted by atomic mass is 10.2. The van der Waals surface area contributed by atoms with E-state index in [9.17, 15) is 0 Å². The number of hydrogen-bond acceptors (Lipinski definition) is 3. The van der Waals surface area contributed by atoms with Crippen LogP contribution >= 0.6 is 0 Å². The number of hydrogen-bond donors (Lipinski definition) is 1. The molecule has 1 N–H and O–H groups in total. The molecule has 0 aliphatic carbocycles. The molecule has 18 heavy (non-hydrogen) atoms. The molecule has 0 aliphatic heterocycles. The normalized spacial score (nSPS) is 10.5. The van der Waals surface area contributed by atoms with Crippen LogP contribution in [0.4, 0.5) is 5.82 Å². The number of rotatable bonds is 6. The van der Waals surface area contributed by atoms with E-state index >= 15 is 0 Å². The Balaban J connectivity index is 1.86. The topological polar surface area (TPSA) is 34.1 Å². The lowest BCUT2D eigenvalue weighted by Gasteiger charge is -2.07. The van der Waals surface area contributed by atoms with Crippen LogP contribution in [-0.4, -0.2) is 24.7 Å². The van der Waals surface area contributed by atoms with Crippen LogP contribution in [0.2, 0.25) is 0 Å². The van der Waals surface area contributed by atoms with Crippen molar-refractivity contribution < 1.29 is 4.74 Å². The van der Waals surface area contributed by atoms with Gasteiger partial charge in [0.05, 0.1) is 18.7 Å². The Morgan fingerprint density at radius 2 is 2.11 bits per heavy atom. The second kappa shape index (κ2) is 6.17. The molecule has 94 valence electrons. The summed E-state index contributed by atoms with van der Waals surface area (Å²) in [6.45, 7) is 7.76. The lowest BCUT2D eigenvalue weighted by molar-refractivity contribution is 0.167. The van der Waals surface area contributed by atoms with Gasteiger partial charge in [-0.1, -0.05) is 30.4 Å². The molecule has 2 aromatic rings. The van der Waals surface area contributed by atoms with Crippen LogP contribution < -0.4 is 5.32 Å². The van der Waals surface area contributed by atoms with Gasteiger partial charge in [-0.05, 0) is 25.1 Å². The number of para-hydroxylation sites is 1. The lowest BCUT2D eigenvalue weighted by Crippen LogP contribution is -2.11. The highest BCUT2D eigenvalue weighted by Gasteiger charge is 1.97. The average molecular weight is 242 g/mol. The minimum absolute atomic E-state index is 0.618. The number of benzene rings is 1. The smallest absolute Gasteiger partial charge is 0.126 e.